The largest absolute Gasteiger partial charge is 0.467 e. The van der Waals surface area contributed by atoms with Crippen molar-refractivity contribution < 1.29 is 23.9 Å². The van der Waals surface area contributed by atoms with Crippen LogP contribution in [0.3, 0.4) is 0 Å². The number of esters is 1. The van der Waals surface area contributed by atoms with E-state index >= 15 is 0 Å². The van der Waals surface area contributed by atoms with Gasteiger partial charge in [0.25, 0.3) is 0 Å². The highest BCUT2D eigenvalue weighted by Crippen LogP contribution is 2.44. The zero-order valence-corrected chi connectivity index (χ0v) is 16.8. The Morgan fingerprint density at radius 3 is 2.17 bits per heavy atom. The third-order valence-corrected chi connectivity index (χ3v) is 5.11. The van der Waals surface area contributed by atoms with Gasteiger partial charge in [0.05, 0.1) is 7.11 Å². The van der Waals surface area contributed by atoms with Gasteiger partial charge in [-0.1, -0.05) is 48.5 Å². The number of hydrogen-bond acceptors (Lipinski definition) is 6. The van der Waals surface area contributed by atoms with Crippen molar-refractivity contribution in [1.82, 2.24) is 10.6 Å². The fourth-order valence-electron chi connectivity index (χ4n) is 3.37. The van der Waals surface area contributed by atoms with Crippen LogP contribution in [0.2, 0.25) is 0 Å². The Bertz CT molecular complexity index is 872. The smallest absolute Gasteiger partial charge is 0.407 e. The second kappa shape index (κ2) is 9.47. The zero-order chi connectivity index (χ0) is 20.8. The number of carbonyl (C=O) groups is 3. The van der Waals surface area contributed by atoms with E-state index in [2.05, 4.69) is 40.1 Å². The fraction of sp³-hybridized carbons (Fsp3) is 0.286. The van der Waals surface area contributed by atoms with Gasteiger partial charge in [-0.25, -0.2) is 9.59 Å². The molecule has 0 aliphatic heterocycles. The first-order valence-electron chi connectivity index (χ1n) is 9.12. The van der Waals surface area contributed by atoms with E-state index in [1.165, 1.54) is 7.11 Å². The van der Waals surface area contributed by atoms with E-state index in [9.17, 15) is 14.4 Å². The quantitative estimate of drug-likeness (QED) is 0.477. The van der Waals surface area contributed by atoms with E-state index < -0.39 is 24.0 Å². The Balaban J connectivity index is 1.54. The average molecular weight is 414 g/mol. The molecule has 0 fully saturated rings. The second-order valence-corrected chi connectivity index (χ2v) is 6.87. The minimum Gasteiger partial charge on any atom is -0.467 e. The summed E-state index contributed by atoms with van der Waals surface area (Å²) in [5.74, 6) is -1.11. The van der Waals surface area contributed by atoms with Crippen molar-refractivity contribution in [3.63, 3.8) is 0 Å². The summed E-state index contributed by atoms with van der Waals surface area (Å²) >= 11 is 3.99. The lowest BCUT2D eigenvalue weighted by molar-refractivity contribution is -0.144. The van der Waals surface area contributed by atoms with Crippen molar-refractivity contribution in [3.8, 4) is 11.1 Å². The molecule has 0 saturated carbocycles. The van der Waals surface area contributed by atoms with Crippen LogP contribution in [0.5, 0.6) is 0 Å². The third kappa shape index (κ3) is 4.71. The van der Waals surface area contributed by atoms with Gasteiger partial charge in [0.1, 0.15) is 19.2 Å². The number of hydrogen-bond donors (Lipinski definition) is 3. The highest BCUT2D eigenvalue weighted by molar-refractivity contribution is 7.80. The number of thiol groups is 1. The molecule has 29 heavy (non-hydrogen) atoms. The number of fused-ring (bicyclic) bond motifs is 3. The van der Waals surface area contributed by atoms with Crippen LogP contribution < -0.4 is 10.6 Å². The van der Waals surface area contributed by atoms with E-state index in [0.29, 0.717) is 0 Å². The van der Waals surface area contributed by atoms with Gasteiger partial charge < -0.3 is 20.1 Å². The normalized spacial score (nSPS) is 13.0. The molecule has 1 atom stereocenters. The summed E-state index contributed by atoms with van der Waals surface area (Å²) in [4.78, 5) is 35.4. The maximum absolute atomic E-state index is 12.1. The highest BCUT2D eigenvalue weighted by atomic mass is 32.1. The Morgan fingerprint density at radius 1 is 1.03 bits per heavy atom. The van der Waals surface area contributed by atoms with Crippen LogP contribution in [-0.2, 0) is 19.1 Å². The van der Waals surface area contributed by atoms with Crippen molar-refractivity contribution in [1.29, 1.82) is 0 Å². The van der Waals surface area contributed by atoms with Crippen LogP contribution >= 0.6 is 12.6 Å². The van der Waals surface area contributed by atoms with Crippen LogP contribution in [-0.4, -0.2) is 50.0 Å². The topological polar surface area (TPSA) is 93.7 Å². The molecule has 152 valence electrons. The number of carbonyl (C=O) groups excluding carboxylic acids is 3. The van der Waals surface area contributed by atoms with Crippen molar-refractivity contribution in [2.24, 2.45) is 0 Å². The molecule has 3 rings (SSSR count). The van der Waals surface area contributed by atoms with Gasteiger partial charge in [-0.05, 0) is 22.3 Å². The summed E-state index contributed by atoms with van der Waals surface area (Å²) < 4.78 is 9.92. The first kappa shape index (κ1) is 20.7. The van der Waals surface area contributed by atoms with E-state index in [1.807, 2.05) is 36.4 Å². The minimum absolute atomic E-state index is 0.0603. The Hall–Kier alpha value is -3.00. The highest BCUT2D eigenvalue weighted by Gasteiger charge is 2.29. The summed E-state index contributed by atoms with van der Waals surface area (Å²) in [6.45, 7) is -0.166. The first-order valence-corrected chi connectivity index (χ1v) is 9.75. The maximum Gasteiger partial charge on any atom is 0.407 e. The lowest BCUT2D eigenvalue weighted by Gasteiger charge is -2.16. The van der Waals surface area contributed by atoms with E-state index in [1.54, 1.807) is 0 Å². The van der Waals surface area contributed by atoms with Crippen molar-refractivity contribution in [2.45, 2.75) is 12.0 Å². The minimum atomic E-state index is -0.875. The molecular formula is C21H22N2O5S. The second-order valence-electron chi connectivity index (χ2n) is 6.50. The Labute approximate surface area is 174 Å². The predicted molar refractivity (Wildman–Crippen MR) is 111 cm³/mol. The van der Waals surface area contributed by atoms with Crippen molar-refractivity contribution in [2.75, 3.05) is 26.0 Å². The number of methoxy groups -OCH3 is 1. The molecule has 7 nitrogen and oxygen atoms in total. The number of alkyl carbamates (subject to hydrolysis) is 1. The number of rotatable bonds is 7. The molecule has 0 bridgehead atoms. The zero-order valence-electron chi connectivity index (χ0n) is 15.9. The lowest BCUT2D eigenvalue weighted by atomic mass is 9.98. The molecule has 0 spiro atoms. The molecule has 2 aromatic carbocycles. The standard InChI is InChI=1S/C21H22N2O5S/c1-27-20(25)18(12-29)23-19(24)10-22-21(26)28-11-17-15-8-4-2-6-13(15)14-7-3-5-9-16(14)17/h2-9,17-18,29H,10-12H2,1H3,(H,22,26)(H,23,24)/t18-/m0/s1. The van der Waals surface area contributed by atoms with Crippen molar-refractivity contribution >= 4 is 30.6 Å². The molecule has 1 aliphatic rings. The van der Waals surface area contributed by atoms with Crippen LogP contribution in [0.15, 0.2) is 48.5 Å². The molecule has 2 N–H and O–H groups in total. The fourth-order valence-corrected chi connectivity index (χ4v) is 3.61. The number of nitrogens with one attached hydrogen (secondary N) is 2. The molecule has 0 unspecified atom stereocenters. The van der Waals surface area contributed by atoms with Gasteiger partial charge in [0, 0.05) is 11.7 Å². The van der Waals surface area contributed by atoms with Gasteiger partial charge in [-0.2, -0.15) is 12.6 Å². The van der Waals surface area contributed by atoms with E-state index in [0.717, 1.165) is 22.3 Å². The maximum atomic E-state index is 12.1. The van der Waals surface area contributed by atoms with Crippen LogP contribution in [0.4, 0.5) is 4.79 Å². The van der Waals surface area contributed by atoms with Crippen molar-refractivity contribution in [3.05, 3.63) is 59.7 Å². The van der Waals surface area contributed by atoms with Crippen LogP contribution in [0.25, 0.3) is 11.1 Å². The van der Waals surface area contributed by atoms with Gasteiger partial charge in [0.2, 0.25) is 5.91 Å². The SMILES string of the molecule is COC(=O)[C@H](CS)NC(=O)CNC(=O)OCC1c2ccccc2-c2ccccc21. The molecule has 0 radical (unpaired) electrons. The van der Waals surface area contributed by atoms with Gasteiger partial charge >= 0.3 is 12.1 Å². The van der Waals surface area contributed by atoms with E-state index in [4.69, 9.17) is 4.74 Å². The molecule has 0 heterocycles. The monoisotopic (exact) mass is 414 g/mol. The Morgan fingerprint density at radius 2 is 1.62 bits per heavy atom. The summed E-state index contributed by atoms with van der Waals surface area (Å²) in [6.07, 6.45) is -0.706. The summed E-state index contributed by atoms with van der Waals surface area (Å²) in [7, 11) is 1.22. The summed E-state index contributed by atoms with van der Waals surface area (Å²) in [5.41, 5.74) is 4.48. The lowest BCUT2D eigenvalue weighted by Crippen LogP contribution is -2.47. The molecule has 2 aromatic rings. The number of ether oxygens (including phenoxy) is 2. The summed E-state index contributed by atoms with van der Waals surface area (Å²) in [5, 5.41) is 4.83. The molecule has 8 heteroatoms. The first-order chi connectivity index (χ1) is 14.0. The van der Waals surface area contributed by atoms with Crippen LogP contribution in [0.1, 0.15) is 17.0 Å². The molecule has 1 aliphatic carbocycles. The predicted octanol–water partition coefficient (Wildman–Crippen LogP) is 2.11. The van der Waals surface area contributed by atoms with E-state index in [-0.39, 0.29) is 24.8 Å². The third-order valence-electron chi connectivity index (χ3n) is 4.74. The summed E-state index contributed by atoms with van der Waals surface area (Å²) in [6, 6.07) is 15.2. The molecular weight excluding hydrogens is 392 g/mol. The average Bonchev–Trinajstić information content (AvgIpc) is 3.07. The number of amides is 2. The number of benzene rings is 2. The molecule has 2 amide bonds. The van der Waals surface area contributed by atoms with Gasteiger partial charge in [-0.15, -0.1) is 0 Å². The molecule has 0 aromatic heterocycles. The van der Waals surface area contributed by atoms with Gasteiger partial charge in [0.15, 0.2) is 0 Å². The van der Waals surface area contributed by atoms with Crippen LogP contribution in [0, 0.1) is 0 Å². The Kier molecular flexibility index (Phi) is 6.77. The molecule has 0 saturated heterocycles. The van der Waals surface area contributed by atoms with Gasteiger partial charge in [-0.3, -0.25) is 4.79 Å².